The summed E-state index contributed by atoms with van der Waals surface area (Å²) in [5, 5.41) is 12.8. The maximum absolute atomic E-state index is 11.7. The fourth-order valence-electron chi connectivity index (χ4n) is 3.39. The Bertz CT molecular complexity index is 1080. The number of anilines is 1. The summed E-state index contributed by atoms with van der Waals surface area (Å²) in [4.78, 5) is 17.6. The van der Waals surface area contributed by atoms with Crippen LogP contribution in [0.4, 0.5) is 11.4 Å². The van der Waals surface area contributed by atoms with E-state index in [2.05, 4.69) is 9.88 Å². The fraction of sp³-hybridized carbons (Fsp3) is 0.316. The molecule has 1 aliphatic rings. The van der Waals surface area contributed by atoms with Crippen LogP contribution in [0.25, 0.3) is 10.2 Å². The van der Waals surface area contributed by atoms with Crippen LogP contribution in [-0.2, 0) is 4.74 Å². The molecule has 10 heteroatoms. The molecule has 0 unspecified atom stereocenters. The summed E-state index contributed by atoms with van der Waals surface area (Å²) in [6.45, 7) is 5.30. The van der Waals surface area contributed by atoms with Crippen LogP contribution >= 0.6 is 34.5 Å². The van der Waals surface area contributed by atoms with Crippen molar-refractivity contribution in [3.63, 3.8) is 0 Å². The number of hydrogen-bond acceptors (Lipinski definition) is 7. The van der Waals surface area contributed by atoms with Gasteiger partial charge in [-0.1, -0.05) is 34.5 Å². The first-order valence-corrected chi connectivity index (χ1v) is 10.5. The van der Waals surface area contributed by atoms with Crippen molar-refractivity contribution < 1.29 is 14.4 Å². The molecule has 2 heterocycles. The molecule has 0 aliphatic carbocycles. The van der Waals surface area contributed by atoms with Gasteiger partial charge in [0.05, 0.1) is 26.9 Å². The second-order valence-electron chi connectivity index (χ2n) is 6.89. The van der Waals surface area contributed by atoms with Gasteiger partial charge < -0.3 is 14.4 Å². The van der Waals surface area contributed by atoms with Gasteiger partial charge in [-0.15, -0.1) is 0 Å². The molecular formula is C19H17Cl2N3O4S. The lowest BCUT2D eigenvalue weighted by atomic mass is 10.2. The van der Waals surface area contributed by atoms with E-state index >= 15 is 0 Å². The number of benzene rings is 2. The van der Waals surface area contributed by atoms with Gasteiger partial charge in [0.2, 0.25) is 5.75 Å². The molecule has 0 N–H and O–H groups in total. The SMILES string of the molecule is C[C@@H]1CN(c2ccc(Oc3nc4c(Cl)cc(Cl)cc4s3)c([N+](=O)[O-])c2)C[C@@H](C)O1. The number of hydrogen-bond donors (Lipinski definition) is 0. The van der Waals surface area contributed by atoms with Crippen LogP contribution in [-0.4, -0.2) is 35.2 Å². The first-order chi connectivity index (χ1) is 13.8. The highest BCUT2D eigenvalue weighted by atomic mass is 35.5. The average molecular weight is 454 g/mol. The summed E-state index contributed by atoms with van der Waals surface area (Å²) >= 11 is 13.4. The quantitative estimate of drug-likeness (QED) is 0.360. The molecular weight excluding hydrogens is 437 g/mol. The smallest absolute Gasteiger partial charge is 0.313 e. The van der Waals surface area contributed by atoms with E-state index < -0.39 is 4.92 Å². The van der Waals surface area contributed by atoms with Crippen LogP contribution < -0.4 is 9.64 Å². The minimum absolute atomic E-state index is 0.0491. The van der Waals surface area contributed by atoms with E-state index in [1.165, 1.54) is 17.4 Å². The third-order valence-electron chi connectivity index (χ3n) is 4.51. The molecule has 1 aromatic heterocycles. The van der Waals surface area contributed by atoms with Crippen LogP contribution in [0, 0.1) is 10.1 Å². The maximum Gasteiger partial charge on any atom is 0.313 e. The van der Waals surface area contributed by atoms with Crippen LogP contribution in [0.15, 0.2) is 30.3 Å². The average Bonchev–Trinajstić information content (AvgIpc) is 3.03. The lowest BCUT2D eigenvalue weighted by Gasteiger charge is -2.36. The standard InChI is InChI=1S/C19H17Cl2N3O4S/c1-10-8-23(9-11(2)27-10)13-3-4-16(15(7-13)24(25)26)28-19-22-18-14(21)5-12(20)6-17(18)29-19/h3-7,10-11H,8-9H2,1-2H3/t10-,11-/m1/s1. The molecule has 0 bridgehead atoms. The number of halogens is 2. The zero-order valence-electron chi connectivity index (χ0n) is 15.6. The van der Waals surface area contributed by atoms with Crippen molar-refractivity contribution in [2.24, 2.45) is 0 Å². The van der Waals surface area contributed by atoms with Crippen molar-refractivity contribution in [1.82, 2.24) is 4.98 Å². The third kappa shape index (κ3) is 4.25. The first-order valence-electron chi connectivity index (χ1n) is 8.92. The normalized spacial score (nSPS) is 19.5. The second kappa shape index (κ2) is 7.95. The molecule has 4 rings (SSSR count). The molecule has 0 radical (unpaired) electrons. The van der Waals surface area contributed by atoms with Crippen molar-refractivity contribution >= 4 is 56.1 Å². The summed E-state index contributed by atoms with van der Waals surface area (Å²) in [6, 6.07) is 8.25. The number of nitro benzene ring substituents is 1. The summed E-state index contributed by atoms with van der Waals surface area (Å²) in [5.74, 6) is 0.120. The Morgan fingerprint density at radius 3 is 2.66 bits per heavy atom. The first kappa shape index (κ1) is 20.2. The summed E-state index contributed by atoms with van der Waals surface area (Å²) < 4.78 is 12.2. The van der Waals surface area contributed by atoms with Gasteiger partial charge >= 0.3 is 5.69 Å². The molecule has 2 atom stereocenters. The van der Waals surface area contributed by atoms with Gasteiger partial charge in [0.1, 0.15) is 5.52 Å². The van der Waals surface area contributed by atoms with Crippen LogP contribution in [0.2, 0.25) is 10.0 Å². The van der Waals surface area contributed by atoms with E-state index in [0.717, 1.165) is 10.4 Å². The Balaban J connectivity index is 1.65. The molecule has 0 saturated carbocycles. The molecule has 152 valence electrons. The molecule has 0 spiro atoms. The van der Waals surface area contributed by atoms with Gasteiger partial charge in [0.15, 0.2) is 0 Å². The Morgan fingerprint density at radius 2 is 1.97 bits per heavy atom. The number of rotatable bonds is 4. The molecule has 1 aliphatic heterocycles. The zero-order chi connectivity index (χ0) is 20.7. The predicted molar refractivity (Wildman–Crippen MR) is 115 cm³/mol. The third-order valence-corrected chi connectivity index (χ3v) is 5.90. The highest BCUT2D eigenvalue weighted by Gasteiger charge is 2.26. The minimum Gasteiger partial charge on any atom is -0.423 e. The lowest BCUT2D eigenvalue weighted by molar-refractivity contribution is -0.385. The Labute approximate surface area is 180 Å². The zero-order valence-corrected chi connectivity index (χ0v) is 17.9. The molecule has 1 fully saturated rings. The number of nitro groups is 1. The van der Waals surface area contributed by atoms with Gasteiger partial charge in [0.25, 0.3) is 5.19 Å². The van der Waals surface area contributed by atoms with Gasteiger partial charge in [-0.25, -0.2) is 4.98 Å². The van der Waals surface area contributed by atoms with E-state index in [0.29, 0.717) is 28.7 Å². The topological polar surface area (TPSA) is 77.7 Å². The highest BCUT2D eigenvalue weighted by molar-refractivity contribution is 7.20. The van der Waals surface area contributed by atoms with Crippen molar-refractivity contribution in [3.8, 4) is 10.9 Å². The van der Waals surface area contributed by atoms with Gasteiger partial charge in [-0.3, -0.25) is 10.1 Å². The maximum atomic E-state index is 11.7. The van der Waals surface area contributed by atoms with Crippen LogP contribution in [0.5, 0.6) is 10.9 Å². The molecule has 3 aromatic rings. The number of morpholine rings is 1. The van der Waals surface area contributed by atoms with Crippen molar-refractivity contribution in [2.45, 2.75) is 26.1 Å². The number of ether oxygens (including phenoxy) is 2. The molecule has 0 amide bonds. The molecule has 29 heavy (non-hydrogen) atoms. The Hall–Kier alpha value is -2.13. The van der Waals surface area contributed by atoms with E-state index in [4.69, 9.17) is 32.7 Å². The number of thiazole rings is 1. The number of aromatic nitrogens is 1. The van der Waals surface area contributed by atoms with Crippen LogP contribution in [0.1, 0.15) is 13.8 Å². The summed E-state index contributed by atoms with van der Waals surface area (Å²) in [7, 11) is 0. The Kier molecular flexibility index (Phi) is 5.52. The monoisotopic (exact) mass is 453 g/mol. The van der Waals surface area contributed by atoms with Gasteiger partial charge in [-0.05, 0) is 38.1 Å². The van der Waals surface area contributed by atoms with Gasteiger partial charge in [0, 0.05) is 29.9 Å². The largest absolute Gasteiger partial charge is 0.423 e. The predicted octanol–water partition coefficient (Wildman–Crippen LogP) is 5.92. The van der Waals surface area contributed by atoms with E-state index in [1.807, 2.05) is 19.9 Å². The molecule has 7 nitrogen and oxygen atoms in total. The van der Waals surface area contributed by atoms with Crippen LogP contribution in [0.3, 0.4) is 0 Å². The highest BCUT2D eigenvalue weighted by Crippen LogP contribution is 2.40. The van der Waals surface area contributed by atoms with E-state index in [1.54, 1.807) is 18.2 Å². The van der Waals surface area contributed by atoms with E-state index in [9.17, 15) is 10.1 Å². The minimum atomic E-state index is -0.455. The molecule has 2 aromatic carbocycles. The lowest BCUT2D eigenvalue weighted by Crippen LogP contribution is -2.45. The van der Waals surface area contributed by atoms with E-state index in [-0.39, 0.29) is 28.8 Å². The summed E-state index contributed by atoms with van der Waals surface area (Å²) in [6.07, 6.45) is 0.0982. The number of nitrogens with zero attached hydrogens (tertiary/aromatic N) is 3. The van der Waals surface area contributed by atoms with Crippen molar-refractivity contribution in [2.75, 3.05) is 18.0 Å². The molecule has 1 saturated heterocycles. The summed E-state index contributed by atoms with van der Waals surface area (Å²) in [5.41, 5.74) is 1.18. The van der Waals surface area contributed by atoms with Gasteiger partial charge in [-0.2, -0.15) is 0 Å². The number of fused-ring (bicyclic) bond motifs is 1. The second-order valence-corrected chi connectivity index (χ2v) is 8.72. The Morgan fingerprint density at radius 1 is 1.24 bits per heavy atom. The van der Waals surface area contributed by atoms with Crippen molar-refractivity contribution in [3.05, 3.63) is 50.5 Å². The fourth-order valence-corrected chi connectivity index (χ4v) is 4.95. The van der Waals surface area contributed by atoms with Crippen molar-refractivity contribution in [1.29, 1.82) is 0 Å².